The lowest BCUT2D eigenvalue weighted by atomic mass is 10.0. The molecule has 1 nitrogen and oxygen atoms in total. The van der Waals surface area contributed by atoms with Crippen LogP contribution in [0.1, 0.15) is 29.3 Å². The van der Waals surface area contributed by atoms with Crippen LogP contribution in [0.3, 0.4) is 0 Å². The normalized spacial score (nSPS) is 12.6. The van der Waals surface area contributed by atoms with E-state index in [9.17, 15) is 0 Å². The second-order valence-corrected chi connectivity index (χ2v) is 6.01. The van der Waals surface area contributed by atoms with E-state index >= 15 is 0 Å². The molecule has 0 saturated carbocycles. The number of hydrogen-bond acceptors (Lipinski definition) is 2. The van der Waals surface area contributed by atoms with Gasteiger partial charge in [-0.2, -0.15) is 0 Å². The molecule has 1 heterocycles. The van der Waals surface area contributed by atoms with Crippen LogP contribution in [0.2, 0.25) is 0 Å². The maximum atomic E-state index is 6.16. The van der Waals surface area contributed by atoms with E-state index in [1.165, 1.54) is 10.4 Å². The molecule has 0 aliphatic rings. The first-order valence-corrected chi connectivity index (χ1v) is 7.46. The quantitative estimate of drug-likeness (QED) is 0.862. The Kier molecular flexibility index (Phi) is 4.77. The average molecular weight is 310 g/mol. The molecule has 2 N–H and O–H groups in total. The molecule has 17 heavy (non-hydrogen) atoms. The molecule has 0 spiro atoms. The van der Waals surface area contributed by atoms with Crippen LogP contribution in [0.4, 0.5) is 0 Å². The standard InChI is InChI=1S/C14H16BrNS/c15-12-9-14(17-10-12)13(16)8-4-7-11-5-2-1-3-6-11/h1-3,5-6,9-10,13H,4,7-8,16H2. The fourth-order valence-electron chi connectivity index (χ4n) is 1.84. The van der Waals surface area contributed by atoms with Gasteiger partial charge in [-0.15, -0.1) is 11.3 Å². The molecule has 1 aromatic heterocycles. The van der Waals surface area contributed by atoms with Gasteiger partial charge < -0.3 is 5.73 Å². The molecule has 0 fully saturated rings. The second-order valence-electron chi connectivity index (χ2n) is 4.15. The van der Waals surface area contributed by atoms with Crippen LogP contribution >= 0.6 is 27.3 Å². The third-order valence-corrected chi connectivity index (χ3v) is 4.60. The van der Waals surface area contributed by atoms with E-state index in [0.717, 1.165) is 23.7 Å². The minimum absolute atomic E-state index is 0.176. The van der Waals surface area contributed by atoms with E-state index in [-0.39, 0.29) is 6.04 Å². The smallest absolute Gasteiger partial charge is 0.0390 e. The van der Waals surface area contributed by atoms with Gasteiger partial charge >= 0.3 is 0 Å². The Morgan fingerprint density at radius 3 is 2.65 bits per heavy atom. The van der Waals surface area contributed by atoms with Crippen LogP contribution in [0.15, 0.2) is 46.3 Å². The largest absolute Gasteiger partial charge is 0.323 e. The van der Waals surface area contributed by atoms with Crippen molar-refractivity contribution in [1.29, 1.82) is 0 Å². The van der Waals surface area contributed by atoms with Crippen LogP contribution in [-0.2, 0) is 6.42 Å². The van der Waals surface area contributed by atoms with Gasteiger partial charge in [0.25, 0.3) is 0 Å². The van der Waals surface area contributed by atoms with Gasteiger partial charge in [0, 0.05) is 20.8 Å². The highest BCUT2D eigenvalue weighted by Crippen LogP contribution is 2.27. The van der Waals surface area contributed by atoms with Gasteiger partial charge in [-0.1, -0.05) is 30.3 Å². The molecular formula is C14H16BrNS. The molecule has 0 bridgehead atoms. The van der Waals surface area contributed by atoms with Crippen LogP contribution in [0, 0.1) is 0 Å². The third-order valence-electron chi connectivity index (χ3n) is 2.78. The SMILES string of the molecule is NC(CCCc1ccccc1)c1cc(Br)cs1. The number of aryl methyl sites for hydroxylation is 1. The Labute approximate surface area is 115 Å². The minimum Gasteiger partial charge on any atom is -0.323 e. The Balaban J connectivity index is 1.79. The van der Waals surface area contributed by atoms with Gasteiger partial charge in [0.1, 0.15) is 0 Å². The fraction of sp³-hybridized carbons (Fsp3) is 0.286. The van der Waals surface area contributed by atoms with Crippen molar-refractivity contribution in [3.05, 3.63) is 56.7 Å². The van der Waals surface area contributed by atoms with Gasteiger partial charge in [0.05, 0.1) is 0 Å². The maximum absolute atomic E-state index is 6.16. The number of benzene rings is 1. The van der Waals surface area contributed by atoms with E-state index < -0.39 is 0 Å². The highest BCUT2D eigenvalue weighted by molar-refractivity contribution is 9.10. The lowest BCUT2D eigenvalue weighted by molar-refractivity contribution is 0.619. The summed E-state index contributed by atoms with van der Waals surface area (Å²) in [6.07, 6.45) is 3.30. The molecule has 0 saturated heterocycles. The van der Waals surface area contributed by atoms with Crippen LogP contribution < -0.4 is 5.73 Å². The Morgan fingerprint density at radius 1 is 1.24 bits per heavy atom. The van der Waals surface area contributed by atoms with Gasteiger partial charge in [-0.25, -0.2) is 0 Å². The first-order valence-electron chi connectivity index (χ1n) is 5.79. The summed E-state index contributed by atoms with van der Waals surface area (Å²) in [4.78, 5) is 1.27. The zero-order valence-electron chi connectivity index (χ0n) is 9.60. The second kappa shape index (κ2) is 6.34. The monoisotopic (exact) mass is 309 g/mol. The maximum Gasteiger partial charge on any atom is 0.0390 e. The molecule has 90 valence electrons. The average Bonchev–Trinajstić information content (AvgIpc) is 2.77. The van der Waals surface area contributed by atoms with E-state index in [4.69, 9.17) is 5.73 Å². The molecule has 2 aromatic rings. The highest BCUT2D eigenvalue weighted by Gasteiger charge is 2.08. The molecule has 0 aliphatic heterocycles. The summed E-state index contributed by atoms with van der Waals surface area (Å²) in [7, 11) is 0. The van der Waals surface area contributed by atoms with Crippen molar-refractivity contribution < 1.29 is 0 Å². The number of halogens is 1. The van der Waals surface area contributed by atoms with Crippen molar-refractivity contribution in [3.8, 4) is 0 Å². The van der Waals surface area contributed by atoms with Crippen LogP contribution in [0.25, 0.3) is 0 Å². The molecule has 1 unspecified atom stereocenters. The number of nitrogens with two attached hydrogens (primary N) is 1. The van der Waals surface area contributed by atoms with Crippen LogP contribution in [-0.4, -0.2) is 0 Å². The number of rotatable bonds is 5. The topological polar surface area (TPSA) is 26.0 Å². The van der Waals surface area contributed by atoms with Gasteiger partial charge in [0.15, 0.2) is 0 Å². The summed E-state index contributed by atoms with van der Waals surface area (Å²) in [5.41, 5.74) is 7.56. The lowest BCUT2D eigenvalue weighted by Gasteiger charge is -2.09. The van der Waals surface area contributed by atoms with Crippen molar-refractivity contribution >= 4 is 27.3 Å². The number of thiophene rings is 1. The van der Waals surface area contributed by atoms with E-state index in [1.807, 2.05) is 0 Å². The van der Waals surface area contributed by atoms with E-state index in [1.54, 1.807) is 11.3 Å². The number of hydrogen-bond donors (Lipinski definition) is 1. The summed E-state index contributed by atoms with van der Waals surface area (Å²) in [6, 6.07) is 12.9. The van der Waals surface area contributed by atoms with Gasteiger partial charge in [-0.3, -0.25) is 0 Å². The molecule has 1 aromatic carbocycles. The first-order chi connectivity index (χ1) is 8.25. The van der Waals surface area contributed by atoms with Gasteiger partial charge in [0.2, 0.25) is 0 Å². The predicted molar refractivity (Wildman–Crippen MR) is 78.3 cm³/mol. The predicted octanol–water partition coefficient (Wildman–Crippen LogP) is 4.53. The van der Waals surface area contributed by atoms with Crippen molar-refractivity contribution in [2.75, 3.05) is 0 Å². The molecule has 3 heteroatoms. The minimum atomic E-state index is 0.176. The van der Waals surface area contributed by atoms with Gasteiger partial charge in [-0.05, 0) is 46.8 Å². The highest BCUT2D eigenvalue weighted by atomic mass is 79.9. The molecule has 1 atom stereocenters. The Morgan fingerprint density at radius 2 is 2.00 bits per heavy atom. The summed E-state index contributed by atoms with van der Waals surface area (Å²) in [5.74, 6) is 0. The van der Waals surface area contributed by atoms with Crippen molar-refractivity contribution in [3.63, 3.8) is 0 Å². The van der Waals surface area contributed by atoms with Crippen molar-refractivity contribution in [1.82, 2.24) is 0 Å². The zero-order valence-corrected chi connectivity index (χ0v) is 12.0. The summed E-state index contributed by atoms with van der Waals surface area (Å²) < 4.78 is 1.14. The lowest BCUT2D eigenvalue weighted by Crippen LogP contribution is -2.08. The summed E-state index contributed by atoms with van der Waals surface area (Å²) in [5, 5.41) is 2.09. The van der Waals surface area contributed by atoms with Crippen molar-refractivity contribution in [2.24, 2.45) is 5.73 Å². The summed E-state index contributed by atoms with van der Waals surface area (Å²) in [6.45, 7) is 0. The summed E-state index contributed by atoms with van der Waals surface area (Å²) >= 11 is 5.19. The molecule has 0 amide bonds. The zero-order chi connectivity index (χ0) is 12.1. The van der Waals surface area contributed by atoms with E-state index in [2.05, 4.69) is 57.7 Å². The third kappa shape index (κ3) is 3.95. The molecule has 2 rings (SSSR count). The fourth-order valence-corrected chi connectivity index (χ4v) is 3.32. The first kappa shape index (κ1) is 12.8. The van der Waals surface area contributed by atoms with Crippen molar-refractivity contribution in [2.45, 2.75) is 25.3 Å². The van der Waals surface area contributed by atoms with Crippen LogP contribution in [0.5, 0.6) is 0 Å². The van der Waals surface area contributed by atoms with E-state index in [0.29, 0.717) is 0 Å². The Bertz CT molecular complexity index is 452. The molecule has 0 radical (unpaired) electrons. The molecule has 0 aliphatic carbocycles. The Hall–Kier alpha value is -0.640. The molecular weight excluding hydrogens is 294 g/mol.